The van der Waals surface area contributed by atoms with Crippen LogP contribution in [0.2, 0.25) is 0 Å². The zero-order chi connectivity index (χ0) is 13.3. The van der Waals surface area contributed by atoms with Crippen LogP contribution in [0.25, 0.3) is 0 Å². The van der Waals surface area contributed by atoms with Gasteiger partial charge in [0.25, 0.3) is 0 Å². The molecule has 102 valence electrons. The monoisotopic (exact) mass is 255 g/mol. The maximum absolute atomic E-state index is 12.2. The first-order chi connectivity index (χ1) is 8.44. The molecule has 0 aromatic rings. The molecule has 2 atom stereocenters. The Hall–Kier alpha value is -1.14. The number of nitrogens with two attached hydrogens (primary N) is 1. The Morgan fingerprint density at radius 3 is 2.39 bits per heavy atom. The molecule has 6 nitrogen and oxygen atoms in total. The zero-order valence-corrected chi connectivity index (χ0v) is 10.8. The molecule has 0 radical (unpaired) electrons. The summed E-state index contributed by atoms with van der Waals surface area (Å²) in [5.74, 6) is -0.882. The lowest BCUT2D eigenvalue weighted by Crippen LogP contribution is -2.52. The number of hydrogen-bond acceptors (Lipinski definition) is 4. The molecular formula is C12H21N3O3. The smallest absolute Gasteiger partial charge is 0.325 e. The molecule has 2 heterocycles. The van der Waals surface area contributed by atoms with E-state index < -0.39 is 11.5 Å². The zero-order valence-electron chi connectivity index (χ0n) is 10.8. The Labute approximate surface area is 107 Å². The van der Waals surface area contributed by atoms with E-state index in [2.05, 4.69) is 0 Å². The minimum atomic E-state index is -1.19. The van der Waals surface area contributed by atoms with E-state index in [9.17, 15) is 9.59 Å². The predicted octanol–water partition coefficient (Wildman–Crippen LogP) is -0.515. The average Bonchev–Trinajstić information content (AvgIpc) is 2.96. The lowest BCUT2D eigenvalue weighted by atomic mass is 10.0. The SMILES string of the molecule is CC(C(=O)N1CCCC1)N1CCC(N)(C(=O)O)C1. The van der Waals surface area contributed by atoms with Crippen molar-refractivity contribution in [2.24, 2.45) is 5.73 Å². The Kier molecular flexibility index (Phi) is 3.59. The van der Waals surface area contributed by atoms with Crippen LogP contribution < -0.4 is 5.73 Å². The molecule has 1 amide bonds. The average molecular weight is 255 g/mol. The number of amides is 1. The molecule has 2 aliphatic heterocycles. The van der Waals surface area contributed by atoms with Crippen molar-refractivity contribution < 1.29 is 14.7 Å². The molecular weight excluding hydrogens is 234 g/mol. The molecule has 18 heavy (non-hydrogen) atoms. The standard InChI is InChI=1S/C12H21N3O3/c1-9(10(16)14-5-2-3-6-14)15-7-4-12(13,8-15)11(17)18/h9H,2-8,13H2,1H3,(H,17,18). The normalized spacial score (nSPS) is 30.7. The van der Waals surface area contributed by atoms with E-state index in [0.29, 0.717) is 13.0 Å². The highest BCUT2D eigenvalue weighted by molar-refractivity contribution is 5.83. The van der Waals surface area contributed by atoms with E-state index in [1.165, 1.54) is 0 Å². The van der Waals surface area contributed by atoms with Crippen LogP contribution in [0.1, 0.15) is 26.2 Å². The van der Waals surface area contributed by atoms with E-state index in [0.717, 1.165) is 25.9 Å². The second kappa shape index (κ2) is 4.85. The first kappa shape index (κ1) is 13.3. The third-order valence-electron chi connectivity index (χ3n) is 4.08. The molecule has 0 aromatic heterocycles. The minimum Gasteiger partial charge on any atom is -0.480 e. The lowest BCUT2D eigenvalue weighted by Gasteiger charge is -2.28. The third-order valence-corrected chi connectivity index (χ3v) is 4.08. The third kappa shape index (κ3) is 2.35. The highest BCUT2D eigenvalue weighted by atomic mass is 16.4. The van der Waals surface area contributed by atoms with Crippen LogP contribution in [0.15, 0.2) is 0 Å². The van der Waals surface area contributed by atoms with Gasteiger partial charge in [-0.2, -0.15) is 0 Å². The molecule has 0 bridgehead atoms. The highest BCUT2D eigenvalue weighted by Crippen LogP contribution is 2.22. The molecule has 2 aliphatic rings. The van der Waals surface area contributed by atoms with E-state index in [1.807, 2.05) is 16.7 Å². The Bertz CT molecular complexity index is 354. The summed E-state index contributed by atoms with van der Waals surface area (Å²) in [4.78, 5) is 27.0. The van der Waals surface area contributed by atoms with Gasteiger partial charge in [-0.3, -0.25) is 14.5 Å². The van der Waals surface area contributed by atoms with Gasteiger partial charge in [-0.15, -0.1) is 0 Å². The molecule has 0 spiro atoms. The van der Waals surface area contributed by atoms with Crippen LogP contribution in [-0.2, 0) is 9.59 Å². The Morgan fingerprint density at radius 1 is 1.28 bits per heavy atom. The molecule has 2 rings (SSSR count). The van der Waals surface area contributed by atoms with Gasteiger partial charge in [0.05, 0.1) is 6.04 Å². The summed E-state index contributed by atoms with van der Waals surface area (Å²) in [5, 5.41) is 9.08. The first-order valence-corrected chi connectivity index (χ1v) is 6.49. The summed E-state index contributed by atoms with van der Waals surface area (Å²) < 4.78 is 0. The number of carbonyl (C=O) groups excluding carboxylic acids is 1. The number of aliphatic carboxylic acids is 1. The summed E-state index contributed by atoms with van der Waals surface area (Å²) in [6.45, 7) is 4.31. The van der Waals surface area contributed by atoms with Gasteiger partial charge in [-0.25, -0.2) is 0 Å². The van der Waals surface area contributed by atoms with E-state index in [4.69, 9.17) is 10.8 Å². The fraction of sp³-hybridized carbons (Fsp3) is 0.833. The number of likely N-dealkylation sites (tertiary alicyclic amines) is 2. The van der Waals surface area contributed by atoms with Crippen LogP contribution in [0.5, 0.6) is 0 Å². The van der Waals surface area contributed by atoms with E-state index in [1.54, 1.807) is 0 Å². The van der Waals surface area contributed by atoms with Crippen molar-refractivity contribution in [3.63, 3.8) is 0 Å². The van der Waals surface area contributed by atoms with Crippen molar-refractivity contribution in [2.75, 3.05) is 26.2 Å². The van der Waals surface area contributed by atoms with Gasteiger partial charge in [0.2, 0.25) is 5.91 Å². The van der Waals surface area contributed by atoms with Crippen molar-refractivity contribution >= 4 is 11.9 Å². The Morgan fingerprint density at radius 2 is 1.89 bits per heavy atom. The predicted molar refractivity (Wildman–Crippen MR) is 66.0 cm³/mol. The minimum absolute atomic E-state index is 0.0992. The van der Waals surface area contributed by atoms with Crippen LogP contribution in [0, 0.1) is 0 Å². The van der Waals surface area contributed by atoms with Crippen LogP contribution >= 0.6 is 0 Å². The second-order valence-electron chi connectivity index (χ2n) is 5.39. The van der Waals surface area contributed by atoms with Crippen molar-refractivity contribution in [1.29, 1.82) is 0 Å². The van der Waals surface area contributed by atoms with Gasteiger partial charge >= 0.3 is 5.97 Å². The van der Waals surface area contributed by atoms with Gasteiger partial charge in [-0.1, -0.05) is 0 Å². The molecule has 0 aromatic carbocycles. The van der Waals surface area contributed by atoms with Crippen molar-refractivity contribution in [2.45, 2.75) is 37.8 Å². The fourth-order valence-corrected chi connectivity index (χ4v) is 2.73. The number of hydrogen-bond donors (Lipinski definition) is 2. The number of carboxylic acid groups (broad SMARTS) is 1. The van der Waals surface area contributed by atoms with Crippen molar-refractivity contribution in [3.05, 3.63) is 0 Å². The molecule has 2 saturated heterocycles. The van der Waals surface area contributed by atoms with Crippen LogP contribution in [-0.4, -0.2) is 64.5 Å². The maximum Gasteiger partial charge on any atom is 0.325 e. The van der Waals surface area contributed by atoms with E-state index in [-0.39, 0.29) is 18.5 Å². The Balaban J connectivity index is 1.96. The number of carboxylic acids is 1. The van der Waals surface area contributed by atoms with Gasteiger partial charge in [0, 0.05) is 26.2 Å². The van der Waals surface area contributed by atoms with Gasteiger partial charge in [0.15, 0.2) is 0 Å². The summed E-state index contributed by atoms with van der Waals surface area (Å²) in [7, 11) is 0. The summed E-state index contributed by atoms with van der Waals surface area (Å²) in [5.41, 5.74) is 4.62. The van der Waals surface area contributed by atoms with Gasteiger partial charge in [-0.05, 0) is 26.2 Å². The number of nitrogens with zero attached hydrogens (tertiary/aromatic N) is 2. The largest absolute Gasteiger partial charge is 0.480 e. The van der Waals surface area contributed by atoms with Gasteiger partial charge in [0.1, 0.15) is 5.54 Å². The molecule has 2 fully saturated rings. The maximum atomic E-state index is 12.2. The topological polar surface area (TPSA) is 86.9 Å². The van der Waals surface area contributed by atoms with Gasteiger partial charge < -0.3 is 15.7 Å². The molecule has 3 N–H and O–H groups in total. The van der Waals surface area contributed by atoms with Crippen LogP contribution in [0.3, 0.4) is 0 Å². The molecule has 6 heteroatoms. The lowest BCUT2D eigenvalue weighted by molar-refractivity contribution is -0.143. The fourth-order valence-electron chi connectivity index (χ4n) is 2.73. The van der Waals surface area contributed by atoms with E-state index >= 15 is 0 Å². The van der Waals surface area contributed by atoms with Crippen molar-refractivity contribution in [3.8, 4) is 0 Å². The molecule has 2 unspecified atom stereocenters. The summed E-state index contributed by atoms with van der Waals surface area (Å²) in [6, 6.07) is -0.270. The van der Waals surface area contributed by atoms with Crippen molar-refractivity contribution in [1.82, 2.24) is 9.80 Å². The number of carbonyl (C=O) groups is 2. The molecule has 0 aliphatic carbocycles. The van der Waals surface area contributed by atoms with Crippen LogP contribution in [0.4, 0.5) is 0 Å². The second-order valence-corrected chi connectivity index (χ2v) is 5.39. The summed E-state index contributed by atoms with van der Waals surface area (Å²) in [6.07, 6.45) is 2.53. The summed E-state index contributed by atoms with van der Waals surface area (Å²) >= 11 is 0. The first-order valence-electron chi connectivity index (χ1n) is 6.49. The molecule has 0 saturated carbocycles. The number of rotatable bonds is 3. The quantitative estimate of drug-likeness (QED) is 0.709. The highest BCUT2D eigenvalue weighted by Gasteiger charge is 2.44.